The Balaban J connectivity index is 1.96. The highest BCUT2D eigenvalue weighted by Crippen LogP contribution is 2.18. The number of carbonyl (C=O) groups is 1. The van der Waals surface area contributed by atoms with E-state index in [-0.39, 0.29) is 5.91 Å². The van der Waals surface area contributed by atoms with Gasteiger partial charge in [-0.15, -0.1) is 0 Å². The fourth-order valence-corrected chi connectivity index (χ4v) is 3.08. The van der Waals surface area contributed by atoms with Gasteiger partial charge in [0.2, 0.25) is 5.91 Å². The molecule has 2 rings (SSSR count). The van der Waals surface area contributed by atoms with Crippen LogP contribution in [0.1, 0.15) is 31.7 Å². The van der Waals surface area contributed by atoms with Crippen LogP contribution in [0, 0.1) is 5.92 Å². The summed E-state index contributed by atoms with van der Waals surface area (Å²) in [6.07, 6.45) is 3.74. The number of rotatable bonds is 6. The molecule has 21 heavy (non-hydrogen) atoms. The zero-order valence-corrected chi connectivity index (χ0v) is 13.5. The number of piperidine rings is 1. The minimum Gasteiger partial charge on any atom is -0.342 e. The summed E-state index contributed by atoms with van der Waals surface area (Å²) in [5, 5.41) is 4.06. The molecule has 3 nitrogen and oxygen atoms in total. The van der Waals surface area contributed by atoms with Gasteiger partial charge in [-0.25, -0.2) is 0 Å². The standard InChI is InChI=1S/C17H25ClN2O/c1-2-11-20(13-14-7-9-19-10-8-14)17(21)12-15-5-3-4-6-16(15)18/h3-6,14,19H,2,7-13H2,1H3. The van der Waals surface area contributed by atoms with Gasteiger partial charge in [-0.3, -0.25) is 4.79 Å². The van der Waals surface area contributed by atoms with E-state index in [1.54, 1.807) is 0 Å². The first-order valence-electron chi connectivity index (χ1n) is 7.92. The molecule has 1 aromatic carbocycles. The molecule has 0 aliphatic carbocycles. The number of hydrogen-bond acceptors (Lipinski definition) is 2. The van der Waals surface area contributed by atoms with Crippen LogP contribution in [0.15, 0.2) is 24.3 Å². The lowest BCUT2D eigenvalue weighted by molar-refractivity contribution is -0.131. The lowest BCUT2D eigenvalue weighted by atomic mass is 9.97. The van der Waals surface area contributed by atoms with Crippen molar-refractivity contribution in [1.29, 1.82) is 0 Å². The number of benzene rings is 1. The van der Waals surface area contributed by atoms with E-state index in [2.05, 4.69) is 12.2 Å². The summed E-state index contributed by atoms with van der Waals surface area (Å²) in [7, 11) is 0. The maximum absolute atomic E-state index is 12.6. The fraction of sp³-hybridized carbons (Fsp3) is 0.588. The van der Waals surface area contributed by atoms with Crippen LogP contribution in [0.4, 0.5) is 0 Å². The maximum Gasteiger partial charge on any atom is 0.227 e. The Morgan fingerprint density at radius 2 is 2.05 bits per heavy atom. The molecule has 1 saturated heterocycles. The molecule has 1 aliphatic rings. The highest BCUT2D eigenvalue weighted by molar-refractivity contribution is 6.31. The highest BCUT2D eigenvalue weighted by atomic mass is 35.5. The van der Waals surface area contributed by atoms with Crippen molar-refractivity contribution in [2.75, 3.05) is 26.2 Å². The van der Waals surface area contributed by atoms with Crippen LogP contribution in [0.2, 0.25) is 5.02 Å². The summed E-state index contributed by atoms with van der Waals surface area (Å²) >= 11 is 6.16. The molecular weight excluding hydrogens is 284 g/mol. The Bertz CT molecular complexity index is 458. The number of amides is 1. The lowest BCUT2D eigenvalue weighted by Crippen LogP contribution is -2.40. The van der Waals surface area contributed by atoms with Crippen LogP contribution in [-0.2, 0) is 11.2 Å². The molecule has 1 amide bonds. The van der Waals surface area contributed by atoms with Crippen molar-refractivity contribution < 1.29 is 4.79 Å². The van der Waals surface area contributed by atoms with E-state index in [1.165, 1.54) is 12.8 Å². The normalized spacial score (nSPS) is 15.9. The van der Waals surface area contributed by atoms with Gasteiger partial charge in [-0.2, -0.15) is 0 Å². The van der Waals surface area contributed by atoms with E-state index in [0.717, 1.165) is 38.2 Å². The zero-order valence-electron chi connectivity index (χ0n) is 12.8. The van der Waals surface area contributed by atoms with E-state index >= 15 is 0 Å². The predicted molar refractivity (Wildman–Crippen MR) is 87.6 cm³/mol. The van der Waals surface area contributed by atoms with Gasteiger partial charge in [-0.05, 0) is 49.9 Å². The van der Waals surface area contributed by atoms with Crippen LogP contribution in [0.3, 0.4) is 0 Å². The SMILES string of the molecule is CCCN(CC1CCNCC1)C(=O)Cc1ccccc1Cl. The van der Waals surface area contributed by atoms with E-state index in [9.17, 15) is 4.79 Å². The van der Waals surface area contributed by atoms with E-state index in [4.69, 9.17) is 11.6 Å². The molecule has 1 N–H and O–H groups in total. The molecule has 0 bridgehead atoms. The number of nitrogens with one attached hydrogen (secondary N) is 1. The summed E-state index contributed by atoms with van der Waals surface area (Å²) in [6, 6.07) is 7.62. The van der Waals surface area contributed by atoms with Crippen molar-refractivity contribution in [3.05, 3.63) is 34.9 Å². The van der Waals surface area contributed by atoms with Crippen LogP contribution < -0.4 is 5.32 Å². The monoisotopic (exact) mass is 308 g/mol. The Morgan fingerprint density at radius 3 is 2.71 bits per heavy atom. The minimum absolute atomic E-state index is 0.198. The predicted octanol–water partition coefficient (Wildman–Crippen LogP) is 3.12. The molecular formula is C17H25ClN2O. The third-order valence-corrected chi connectivity index (χ3v) is 4.45. The third-order valence-electron chi connectivity index (χ3n) is 4.08. The molecule has 1 heterocycles. The first kappa shape index (κ1) is 16.3. The first-order chi connectivity index (χ1) is 10.2. The first-order valence-corrected chi connectivity index (χ1v) is 8.30. The van der Waals surface area contributed by atoms with Gasteiger partial charge in [-0.1, -0.05) is 36.7 Å². The summed E-state index contributed by atoms with van der Waals surface area (Å²) < 4.78 is 0. The van der Waals surface area contributed by atoms with Gasteiger partial charge < -0.3 is 10.2 Å². The summed E-state index contributed by atoms with van der Waals surface area (Å²) in [6.45, 7) is 6.00. The number of halogens is 1. The third kappa shape index (κ3) is 5.01. The molecule has 116 valence electrons. The van der Waals surface area contributed by atoms with Gasteiger partial charge >= 0.3 is 0 Å². The average Bonchev–Trinajstić information content (AvgIpc) is 2.50. The number of hydrogen-bond donors (Lipinski definition) is 1. The van der Waals surface area contributed by atoms with Crippen molar-refractivity contribution in [2.24, 2.45) is 5.92 Å². The van der Waals surface area contributed by atoms with Gasteiger partial charge in [0.1, 0.15) is 0 Å². The smallest absolute Gasteiger partial charge is 0.227 e. The molecule has 0 saturated carbocycles. The van der Waals surface area contributed by atoms with Crippen molar-refractivity contribution in [3.63, 3.8) is 0 Å². The fourth-order valence-electron chi connectivity index (χ4n) is 2.88. The molecule has 4 heteroatoms. The summed E-state index contributed by atoms with van der Waals surface area (Å²) in [5.41, 5.74) is 0.926. The quantitative estimate of drug-likeness (QED) is 0.875. The van der Waals surface area contributed by atoms with Crippen molar-refractivity contribution >= 4 is 17.5 Å². The second-order valence-electron chi connectivity index (χ2n) is 5.80. The average molecular weight is 309 g/mol. The molecule has 1 aromatic rings. The summed E-state index contributed by atoms with van der Waals surface area (Å²) in [4.78, 5) is 14.6. The summed E-state index contributed by atoms with van der Waals surface area (Å²) in [5.74, 6) is 0.830. The Morgan fingerprint density at radius 1 is 1.33 bits per heavy atom. The van der Waals surface area contributed by atoms with Crippen LogP contribution in [-0.4, -0.2) is 37.0 Å². The van der Waals surface area contributed by atoms with Crippen molar-refractivity contribution in [1.82, 2.24) is 10.2 Å². The van der Waals surface area contributed by atoms with E-state index < -0.39 is 0 Å². The second-order valence-corrected chi connectivity index (χ2v) is 6.21. The molecule has 0 spiro atoms. The maximum atomic E-state index is 12.6. The Labute approximate surface area is 132 Å². The minimum atomic E-state index is 0.198. The Kier molecular flexibility index (Phi) is 6.52. The molecule has 0 aromatic heterocycles. The lowest BCUT2D eigenvalue weighted by Gasteiger charge is -2.30. The molecule has 0 unspecified atom stereocenters. The van der Waals surface area contributed by atoms with Crippen molar-refractivity contribution in [2.45, 2.75) is 32.6 Å². The van der Waals surface area contributed by atoms with Gasteiger partial charge in [0.05, 0.1) is 6.42 Å². The van der Waals surface area contributed by atoms with E-state index in [0.29, 0.717) is 17.4 Å². The molecule has 1 aliphatic heterocycles. The van der Waals surface area contributed by atoms with E-state index in [1.807, 2.05) is 29.2 Å². The van der Waals surface area contributed by atoms with Crippen LogP contribution >= 0.6 is 11.6 Å². The Hall–Kier alpha value is -1.06. The number of nitrogens with zero attached hydrogens (tertiary/aromatic N) is 1. The van der Waals surface area contributed by atoms with Crippen LogP contribution in [0.5, 0.6) is 0 Å². The van der Waals surface area contributed by atoms with Gasteiger partial charge in [0.25, 0.3) is 0 Å². The van der Waals surface area contributed by atoms with Crippen LogP contribution in [0.25, 0.3) is 0 Å². The largest absolute Gasteiger partial charge is 0.342 e. The topological polar surface area (TPSA) is 32.3 Å². The van der Waals surface area contributed by atoms with Crippen molar-refractivity contribution in [3.8, 4) is 0 Å². The zero-order chi connectivity index (χ0) is 15.1. The highest BCUT2D eigenvalue weighted by Gasteiger charge is 2.20. The molecule has 0 atom stereocenters. The van der Waals surface area contributed by atoms with Gasteiger partial charge in [0, 0.05) is 18.1 Å². The van der Waals surface area contributed by atoms with Gasteiger partial charge in [0.15, 0.2) is 0 Å². The number of carbonyl (C=O) groups excluding carboxylic acids is 1. The second kappa shape index (κ2) is 8.40. The molecule has 0 radical (unpaired) electrons. The molecule has 1 fully saturated rings.